The number of benzene rings is 1. The Kier molecular flexibility index (Phi) is 10.7. The number of hydrogen-bond acceptors (Lipinski definition) is 4. The molecule has 1 aliphatic rings. The van der Waals surface area contributed by atoms with Crippen LogP contribution in [0.3, 0.4) is 0 Å². The number of nitrogens with one attached hydrogen (secondary N) is 2. The number of rotatable bonds is 7. The van der Waals surface area contributed by atoms with Crippen molar-refractivity contribution in [3.8, 4) is 0 Å². The Balaban J connectivity index is 0.00000300. The molecule has 0 radical (unpaired) electrons. The minimum Gasteiger partial charge on any atom is -0.356 e. The van der Waals surface area contributed by atoms with E-state index >= 15 is 0 Å². The van der Waals surface area contributed by atoms with Crippen LogP contribution in [0, 0.1) is 5.92 Å². The molecule has 29 heavy (non-hydrogen) atoms. The van der Waals surface area contributed by atoms with Crippen molar-refractivity contribution in [3.63, 3.8) is 0 Å². The van der Waals surface area contributed by atoms with E-state index in [1.165, 1.54) is 23.5 Å². The highest BCUT2D eigenvalue weighted by atomic mass is 127. The van der Waals surface area contributed by atoms with E-state index in [0.29, 0.717) is 12.5 Å². The largest absolute Gasteiger partial charge is 0.356 e. The molecule has 0 aliphatic carbocycles. The molecule has 2 aromatic rings. The van der Waals surface area contributed by atoms with E-state index in [0.717, 1.165) is 49.1 Å². The Morgan fingerprint density at radius 3 is 2.76 bits per heavy atom. The average Bonchev–Trinajstić information content (AvgIpc) is 3.17. The molecule has 1 fully saturated rings. The Hall–Kier alpha value is -0.900. The quantitative estimate of drug-likeness (QED) is 0.303. The van der Waals surface area contributed by atoms with Crippen LogP contribution in [0.2, 0.25) is 5.02 Å². The number of thiazole rings is 1. The van der Waals surface area contributed by atoms with Crippen molar-refractivity contribution in [2.75, 3.05) is 26.7 Å². The van der Waals surface area contributed by atoms with Crippen LogP contribution in [0.25, 0.3) is 0 Å². The predicted octanol–water partition coefficient (Wildman–Crippen LogP) is 4.55. The third-order valence-corrected chi connectivity index (χ3v) is 6.40. The molecule has 1 aromatic heterocycles. The van der Waals surface area contributed by atoms with Crippen molar-refractivity contribution in [2.24, 2.45) is 10.9 Å². The molecule has 1 aliphatic heterocycles. The topological polar surface area (TPSA) is 52.6 Å². The average molecular weight is 548 g/mol. The molecule has 0 saturated carbocycles. The Morgan fingerprint density at radius 1 is 1.31 bits per heavy atom. The fraction of sp³-hybridized carbons (Fsp3) is 0.524. The van der Waals surface area contributed by atoms with Gasteiger partial charge in [-0.25, -0.2) is 4.98 Å². The zero-order chi connectivity index (χ0) is 19.8. The molecular weight excluding hydrogens is 517 g/mol. The molecule has 2 N–H and O–H groups in total. The van der Waals surface area contributed by atoms with Crippen molar-refractivity contribution in [1.82, 2.24) is 20.5 Å². The second kappa shape index (κ2) is 12.7. The lowest BCUT2D eigenvalue weighted by molar-refractivity contribution is 0.176. The molecule has 0 amide bonds. The van der Waals surface area contributed by atoms with Crippen LogP contribution >= 0.6 is 46.9 Å². The third kappa shape index (κ3) is 8.03. The second-order valence-corrected chi connectivity index (χ2v) is 8.62. The molecule has 3 rings (SSSR count). The van der Waals surface area contributed by atoms with Crippen LogP contribution in [0.15, 0.2) is 34.6 Å². The lowest BCUT2D eigenvalue weighted by Crippen LogP contribution is -2.42. The van der Waals surface area contributed by atoms with Gasteiger partial charge in [0, 0.05) is 37.1 Å². The first kappa shape index (κ1) is 24.4. The second-order valence-electron chi connectivity index (χ2n) is 7.24. The van der Waals surface area contributed by atoms with Crippen LogP contribution in [-0.2, 0) is 19.5 Å². The maximum atomic E-state index is 6.05. The summed E-state index contributed by atoms with van der Waals surface area (Å²) < 4.78 is 0. The molecule has 160 valence electrons. The number of hydrogen-bond donors (Lipinski definition) is 2. The van der Waals surface area contributed by atoms with E-state index in [9.17, 15) is 0 Å². The van der Waals surface area contributed by atoms with Crippen LogP contribution < -0.4 is 10.6 Å². The van der Waals surface area contributed by atoms with E-state index in [2.05, 4.69) is 38.9 Å². The highest BCUT2D eigenvalue weighted by Crippen LogP contribution is 2.19. The lowest BCUT2D eigenvalue weighted by atomic mass is 9.97. The van der Waals surface area contributed by atoms with Crippen molar-refractivity contribution in [2.45, 2.75) is 39.3 Å². The molecule has 0 atom stereocenters. The molecule has 8 heteroatoms. The number of likely N-dealkylation sites (tertiary alicyclic amines) is 1. The molecule has 1 saturated heterocycles. The third-order valence-electron chi connectivity index (χ3n) is 5.13. The summed E-state index contributed by atoms with van der Waals surface area (Å²) in [7, 11) is 1.81. The van der Waals surface area contributed by atoms with Crippen molar-refractivity contribution in [1.29, 1.82) is 0 Å². The summed E-state index contributed by atoms with van der Waals surface area (Å²) in [6, 6.07) is 7.90. The molecule has 2 heterocycles. The Morgan fingerprint density at radius 2 is 2.10 bits per heavy atom. The highest BCUT2D eigenvalue weighted by Gasteiger charge is 2.20. The van der Waals surface area contributed by atoms with Gasteiger partial charge in [0.15, 0.2) is 5.96 Å². The van der Waals surface area contributed by atoms with E-state index in [1.807, 2.05) is 25.2 Å². The van der Waals surface area contributed by atoms with E-state index < -0.39 is 0 Å². The van der Waals surface area contributed by atoms with Gasteiger partial charge in [-0.2, -0.15) is 0 Å². The minimum atomic E-state index is 0. The van der Waals surface area contributed by atoms with Gasteiger partial charge in [-0.05, 0) is 56.0 Å². The molecular formula is C21H31ClIN5S. The number of halogens is 2. The fourth-order valence-corrected chi connectivity index (χ4v) is 4.40. The number of aliphatic imine (C=N–C) groups is 1. The Bertz CT molecular complexity index is 774. The summed E-state index contributed by atoms with van der Waals surface area (Å²) in [5.74, 6) is 1.53. The number of aryl methyl sites for hydroxylation is 1. The monoisotopic (exact) mass is 547 g/mol. The number of piperidine rings is 1. The van der Waals surface area contributed by atoms with E-state index in [-0.39, 0.29) is 24.0 Å². The minimum absolute atomic E-state index is 0. The molecule has 0 bridgehead atoms. The van der Waals surface area contributed by atoms with Crippen molar-refractivity contribution < 1.29 is 0 Å². The first-order valence-electron chi connectivity index (χ1n) is 10.0. The number of aromatic nitrogens is 1. The number of guanidine groups is 1. The SMILES string of the molecule is CCc1nc(CN2CCC(CNC(=NC)NCc3cccc(Cl)c3)CC2)cs1.I. The smallest absolute Gasteiger partial charge is 0.191 e. The standard InChI is InChI=1S/C21H30ClN5S.HI/c1-3-20-26-19(15-28-20)14-27-9-7-16(8-10-27)12-24-21(23-2)25-13-17-5-4-6-18(22)11-17;/h4-6,11,15-16H,3,7-10,12-14H2,1-2H3,(H2,23,24,25);1H. The van der Waals surface area contributed by atoms with E-state index in [1.54, 1.807) is 11.3 Å². The van der Waals surface area contributed by atoms with Crippen LogP contribution in [0.5, 0.6) is 0 Å². The van der Waals surface area contributed by atoms with Crippen LogP contribution in [0.4, 0.5) is 0 Å². The van der Waals surface area contributed by atoms with Gasteiger partial charge in [-0.3, -0.25) is 9.89 Å². The fourth-order valence-electron chi connectivity index (χ4n) is 3.46. The van der Waals surface area contributed by atoms with Gasteiger partial charge in [0.05, 0.1) is 10.7 Å². The maximum Gasteiger partial charge on any atom is 0.191 e. The van der Waals surface area contributed by atoms with Gasteiger partial charge < -0.3 is 10.6 Å². The van der Waals surface area contributed by atoms with Gasteiger partial charge in [0.25, 0.3) is 0 Å². The summed E-state index contributed by atoms with van der Waals surface area (Å²) in [6.45, 7) is 7.10. The lowest BCUT2D eigenvalue weighted by Gasteiger charge is -2.31. The van der Waals surface area contributed by atoms with Crippen LogP contribution in [-0.4, -0.2) is 42.5 Å². The zero-order valence-electron chi connectivity index (χ0n) is 17.2. The summed E-state index contributed by atoms with van der Waals surface area (Å²) in [5.41, 5.74) is 2.38. The van der Waals surface area contributed by atoms with Gasteiger partial charge in [-0.1, -0.05) is 30.7 Å². The van der Waals surface area contributed by atoms with E-state index in [4.69, 9.17) is 16.6 Å². The highest BCUT2D eigenvalue weighted by molar-refractivity contribution is 14.0. The van der Waals surface area contributed by atoms with Gasteiger partial charge >= 0.3 is 0 Å². The van der Waals surface area contributed by atoms with Crippen LogP contribution in [0.1, 0.15) is 36.0 Å². The predicted molar refractivity (Wildman–Crippen MR) is 135 cm³/mol. The number of nitrogens with zero attached hydrogens (tertiary/aromatic N) is 3. The molecule has 1 aromatic carbocycles. The van der Waals surface area contributed by atoms with Crippen molar-refractivity contribution in [3.05, 3.63) is 50.9 Å². The Labute approximate surface area is 200 Å². The maximum absolute atomic E-state index is 6.05. The normalized spacial score (nSPS) is 15.8. The van der Waals surface area contributed by atoms with Gasteiger partial charge in [-0.15, -0.1) is 35.3 Å². The summed E-state index contributed by atoms with van der Waals surface area (Å²) in [5, 5.41) is 11.1. The van der Waals surface area contributed by atoms with Gasteiger partial charge in [0.1, 0.15) is 0 Å². The zero-order valence-corrected chi connectivity index (χ0v) is 21.1. The first-order valence-corrected chi connectivity index (χ1v) is 11.3. The molecule has 0 unspecified atom stereocenters. The summed E-state index contributed by atoms with van der Waals surface area (Å²) in [4.78, 5) is 11.6. The van der Waals surface area contributed by atoms with Crippen molar-refractivity contribution >= 4 is 52.9 Å². The molecule has 5 nitrogen and oxygen atoms in total. The first-order chi connectivity index (χ1) is 13.7. The molecule has 0 spiro atoms. The summed E-state index contributed by atoms with van der Waals surface area (Å²) in [6.07, 6.45) is 3.46. The van der Waals surface area contributed by atoms with Gasteiger partial charge in [0.2, 0.25) is 0 Å². The summed E-state index contributed by atoms with van der Waals surface area (Å²) >= 11 is 7.83.